The number of nitrogens with zero attached hydrogens (tertiary/aromatic N) is 1. The van der Waals surface area contributed by atoms with E-state index in [0.717, 1.165) is 0 Å². The summed E-state index contributed by atoms with van der Waals surface area (Å²) >= 11 is 0. The minimum Gasteiger partial charge on any atom is -0.361 e. The molecule has 1 amide bonds. The number of amides is 1. The van der Waals surface area contributed by atoms with Crippen molar-refractivity contribution in [3.8, 4) is 0 Å². The molecule has 0 spiro atoms. The van der Waals surface area contributed by atoms with Gasteiger partial charge in [0, 0.05) is 14.2 Å². The summed E-state index contributed by atoms with van der Waals surface area (Å²) < 4.78 is 25.7. The maximum atomic E-state index is 13.5. The SMILES string of the molecule is COC(OC)[C@@H]1[C@@H]([C@@H](C)F)C(=O)N1[Si](C)(C)C. The number of carbonyl (C=O) groups is 1. The van der Waals surface area contributed by atoms with E-state index >= 15 is 0 Å². The van der Waals surface area contributed by atoms with Gasteiger partial charge in [0.2, 0.25) is 5.91 Å². The van der Waals surface area contributed by atoms with Crippen molar-refractivity contribution in [2.24, 2.45) is 5.92 Å². The Morgan fingerprint density at radius 1 is 1.29 bits per heavy atom. The lowest BCUT2D eigenvalue weighted by atomic mass is 9.86. The van der Waals surface area contributed by atoms with Gasteiger partial charge in [-0.25, -0.2) is 4.39 Å². The zero-order valence-corrected chi connectivity index (χ0v) is 12.4. The minimum atomic E-state index is -1.83. The van der Waals surface area contributed by atoms with Gasteiger partial charge in [-0.2, -0.15) is 0 Å². The largest absolute Gasteiger partial charge is 0.361 e. The third-order valence-electron chi connectivity index (χ3n) is 3.15. The average molecular weight is 263 g/mol. The standard InChI is InChI=1S/C11H22FNO3Si/c1-7(12)8-9(11(15-2)16-3)13(10(8)14)17(4,5)6/h7-9,11H,1-6H3/t7-,8-,9+/m1/s1. The van der Waals surface area contributed by atoms with Gasteiger partial charge >= 0.3 is 0 Å². The summed E-state index contributed by atoms with van der Waals surface area (Å²) in [5, 5.41) is 0. The van der Waals surface area contributed by atoms with Crippen molar-refractivity contribution in [1.29, 1.82) is 0 Å². The van der Waals surface area contributed by atoms with E-state index in [1.54, 1.807) is 4.57 Å². The summed E-state index contributed by atoms with van der Waals surface area (Å²) in [6.45, 7) is 7.58. The highest BCUT2D eigenvalue weighted by molar-refractivity contribution is 6.76. The van der Waals surface area contributed by atoms with Crippen LogP contribution in [0.25, 0.3) is 0 Å². The zero-order valence-electron chi connectivity index (χ0n) is 11.4. The molecule has 6 heteroatoms. The number of carbonyl (C=O) groups excluding carboxylic acids is 1. The van der Waals surface area contributed by atoms with Crippen LogP contribution in [0.15, 0.2) is 0 Å². The highest BCUT2D eigenvalue weighted by atomic mass is 28.3. The summed E-state index contributed by atoms with van der Waals surface area (Å²) in [7, 11) is 1.20. The molecule has 4 nitrogen and oxygen atoms in total. The fraction of sp³-hybridized carbons (Fsp3) is 0.909. The lowest BCUT2D eigenvalue weighted by Crippen LogP contribution is -2.74. The number of β-lactam (4-membered cyclic amide) rings is 1. The van der Waals surface area contributed by atoms with Crippen molar-refractivity contribution in [2.45, 2.75) is 45.1 Å². The van der Waals surface area contributed by atoms with Crippen LogP contribution in [0.3, 0.4) is 0 Å². The normalized spacial score (nSPS) is 27.3. The van der Waals surface area contributed by atoms with Crippen molar-refractivity contribution in [3.05, 3.63) is 0 Å². The molecule has 0 saturated carbocycles. The molecular formula is C11H22FNO3Si. The number of hydrogen-bond acceptors (Lipinski definition) is 3. The summed E-state index contributed by atoms with van der Waals surface area (Å²) in [5.41, 5.74) is 0. The molecule has 0 aromatic rings. The summed E-state index contributed by atoms with van der Waals surface area (Å²) in [5.74, 6) is -0.741. The van der Waals surface area contributed by atoms with Crippen molar-refractivity contribution in [1.82, 2.24) is 4.57 Å². The fourth-order valence-corrected chi connectivity index (χ4v) is 4.43. The minimum absolute atomic E-state index is 0.108. The second kappa shape index (κ2) is 5.03. The first-order valence-corrected chi connectivity index (χ1v) is 9.23. The number of alkyl halides is 1. The molecule has 0 aromatic carbocycles. The molecule has 0 aliphatic carbocycles. The third-order valence-corrected chi connectivity index (χ3v) is 5.11. The predicted molar refractivity (Wildman–Crippen MR) is 65.8 cm³/mol. The Morgan fingerprint density at radius 2 is 1.76 bits per heavy atom. The molecule has 100 valence electrons. The van der Waals surface area contributed by atoms with Crippen molar-refractivity contribution >= 4 is 14.1 Å². The predicted octanol–water partition coefficient (Wildman–Crippen LogP) is 1.63. The Labute approximate surface area is 103 Å². The van der Waals surface area contributed by atoms with E-state index in [4.69, 9.17) is 9.47 Å². The Bertz CT molecular complexity index is 289. The lowest BCUT2D eigenvalue weighted by Gasteiger charge is -2.55. The van der Waals surface area contributed by atoms with Crippen LogP contribution in [0.4, 0.5) is 4.39 Å². The number of hydrogen-bond donors (Lipinski definition) is 0. The molecule has 1 heterocycles. The molecule has 17 heavy (non-hydrogen) atoms. The molecule has 1 rings (SSSR count). The second-order valence-corrected chi connectivity index (χ2v) is 10.2. The van der Waals surface area contributed by atoms with E-state index in [-0.39, 0.29) is 11.9 Å². The molecule has 0 aromatic heterocycles. The summed E-state index contributed by atoms with van der Waals surface area (Å²) in [6.07, 6.45) is -1.73. The molecule has 1 saturated heterocycles. The van der Waals surface area contributed by atoms with E-state index in [0.29, 0.717) is 0 Å². The molecule has 3 atom stereocenters. The van der Waals surface area contributed by atoms with E-state index in [2.05, 4.69) is 19.6 Å². The molecule has 0 N–H and O–H groups in total. The van der Waals surface area contributed by atoms with Crippen LogP contribution < -0.4 is 0 Å². The van der Waals surface area contributed by atoms with Gasteiger partial charge in [-0.05, 0) is 6.92 Å². The van der Waals surface area contributed by atoms with Crippen molar-refractivity contribution < 1.29 is 18.7 Å². The highest BCUT2D eigenvalue weighted by Gasteiger charge is 2.57. The first kappa shape index (κ1) is 14.6. The van der Waals surface area contributed by atoms with Gasteiger partial charge < -0.3 is 14.0 Å². The molecule has 1 fully saturated rings. The zero-order chi connectivity index (χ0) is 13.4. The lowest BCUT2D eigenvalue weighted by molar-refractivity contribution is -0.195. The maximum absolute atomic E-state index is 13.5. The number of rotatable bonds is 5. The van der Waals surface area contributed by atoms with Gasteiger partial charge in [0.05, 0.1) is 12.0 Å². The molecular weight excluding hydrogens is 241 g/mol. The van der Waals surface area contributed by atoms with Crippen LogP contribution in [-0.2, 0) is 14.3 Å². The smallest absolute Gasteiger partial charge is 0.223 e. The van der Waals surface area contributed by atoms with Gasteiger partial charge in [-0.3, -0.25) is 4.79 Å². The number of ether oxygens (including phenoxy) is 2. The van der Waals surface area contributed by atoms with Crippen LogP contribution in [0.5, 0.6) is 0 Å². The molecule has 0 radical (unpaired) electrons. The first-order valence-electron chi connectivity index (χ1n) is 5.78. The van der Waals surface area contributed by atoms with Gasteiger partial charge in [-0.1, -0.05) is 19.6 Å². The molecule has 1 aliphatic rings. The van der Waals surface area contributed by atoms with Crippen LogP contribution in [0, 0.1) is 5.92 Å². The number of methoxy groups -OCH3 is 2. The Balaban J connectivity index is 2.96. The van der Waals surface area contributed by atoms with Gasteiger partial charge in [0.15, 0.2) is 14.5 Å². The van der Waals surface area contributed by atoms with Gasteiger partial charge in [0.25, 0.3) is 0 Å². The quantitative estimate of drug-likeness (QED) is 0.430. The fourth-order valence-electron chi connectivity index (χ4n) is 2.44. The Kier molecular flexibility index (Phi) is 4.32. The molecule has 0 bridgehead atoms. The molecule has 1 aliphatic heterocycles. The van der Waals surface area contributed by atoms with Crippen LogP contribution in [0.1, 0.15) is 6.92 Å². The Hall–Kier alpha value is -0.463. The van der Waals surface area contributed by atoms with E-state index in [9.17, 15) is 9.18 Å². The topological polar surface area (TPSA) is 38.8 Å². The first-order chi connectivity index (χ1) is 7.75. The second-order valence-electron chi connectivity index (χ2n) is 5.41. The van der Waals surface area contributed by atoms with E-state index in [1.807, 2.05) is 0 Å². The van der Waals surface area contributed by atoms with Gasteiger partial charge in [0.1, 0.15) is 6.17 Å². The maximum Gasteiger partial charge on any atom is 0.223 e. The average Bonchev–Trinajstić information content (AvgIpc) is 2.14. The number of halogens is 1. The third kappa shape index (κ3) is 2.53. The van der Waals surface area contributed by atoms with Crippen LogP contribution in [0.2, 0.25) is 19.6 Å². The molecule has 0 unspecified atom stereocenters. The van der Waals surface area contributed by atoms with Gasteiger partial charge in [-0.15, -0.1) is 0 Å². The van der Waals surface area contributed by atoms with E-state index < -0.39 is 26.6 Å². The highest BCUT2D eigenvalue weighted by Crippen LogP contribution is 2.38. The van der Waals surface area contributed by atoms with Crippen LogP contribution in [-0.4, -0.2) is 51.4 Å². The van der Waals surface area contributed by atoms with Crippen molar-refractivity contribution in [3.63, 3.8) is 0 Å². The van der Waals surface area contributed by atoms with E-state index in [1.165, 1.54) is 21.1 Å². The summed E-state index contributed by atoms with van der Waals surface area (Å²) in [4.78, 5) is 12.0. The monoisotopic (exact) mass is 263 g/mol. The Morgan fingerprint density at radius 3 is 2.06 bits per heavy atom. The van der Waals surface area contributed by atoms with Crippen LogP contribution >= 0.6 is 0 Å². The summed E-state index contributed by atoms with van der Waals surface area (Å²) in [6, 6.07) is -0.302. The van der Waals surface area contributed by atoms with Crippen molar-refractivity contribution in [2.75, 3.05) is 14.2 Å².